The van der Waals surface area contributed by atoms with Crippen molar-refractivity contribution in [1.29, 1.82) is 0 Å². The number of hydrogen-bond donors (Lipinski definition) is 3. The highest BCUT2D eigenvalue weighted by atomic mass is 16.4. The molecule has 1 aromatic rings. The Morgan fingerprint density at radius 2 is 2.29 bits per heavy atom. The molecule has 0 fully saturated rings. The molecule has 0 amide bonds. The zero-order valence-corrected chi connectivity index (χ0v) is 9.37. The average molecular weight is 240 g/mol. The highest BCUT2D eigenvalue weighted by molar-refractivity contribution is 5.66. The summed E-state index contributed by atoms with van der Waals surface area (Å²) in [6, 6.07) is 1.25. The number of carboxylic acid groups (broad SMARTS) is 1. The normalized spacial score (nSPS) is 12.3. The van der Waals surface area contributed by atoms with Gasteiger partial charge in [-0.2, -0.15) is 4.98 Å². The van der Waals surface area contributed by atoms with Crippen molar-refractivity contribution in [2.45, 2.75) is 31.8 Å². The lowest BCUT2D eigenvalue weighted by Crippen LogP contribution is -2.33. The minimum absolute atomic E-state index is 0.0859. The average Bonchev–Trinajstić information content (AvgIpc) is 2.21. The molecule has 0 saturated heterocycles. The van der Waals surface area contributed by atoms with Crippen molar-refractivity contribution in [1.82, 2.24) is 9.55 Å². The molecule has 0 aromatic carbocycles. The van der Waals surface area contributed by atoms with Crippen molar-refractivity contribution in [2.75, 3.05) is 5.73 Å². The van der Waals surface area contributed by atoms with E-state index in [4.69, 9.17) is 16.6 Å². The number of aromatic nitrogens is 2. The maximum atomic E-state index is 11.4. The van der Waals surface area contributed by atoms with E-state index < -0.39 is 11.7 Å². The molecule has 0 aliphatic rings. The summed E-state index contributed by atoms with van der Waals surface area (Å²) in [5, 5.41) is 8.47. The Balaban J connectivity index is 2.47. The summed E-state index contributed by atoms with van der Waals surface area (Å²) in [5.74, 6) is -0.672. The second-order valence-electron chi connectivity index (χ2n) is 3.83. The molecule has 5 N–H and O–H groups in total. The van der Waals surface area contributed by atoms with Crippen LogP contribution in [0.3, 0.4) is 0 Å². The molecule has 7 nitrogen and oxygen atoms in total. The predicted octanol–water partition coefficient (Wildman–Crippen LogP) is -0.592. The van der Waals surface area contributed by atoms with Gasteiger partial charge in [0.25, 0.3) is 0 Å². The predicted molar refractivity (Wildman–Crippen MR) is 62.4 cm³/mol. The molecule has 7 heteroatoms. The molecule has 0 aliphatic heterocycles. The van der Waals surface area contributed by atoms with Crippen LogP contribution in [-0.4, -0.2) is 26.7 Å². The summed E-state index contributed by atoms with van der Waals surface area (Å²) in [5.41, 5.74) is 10.7. The van der Waals surface area contributed by atoms with Crippen molar-refractivity contribution in [3.05, 3.63) is 22.7 Å². The molecule has 0 bridgehead atoms. The monoisotopic (exact) mass is 240 g/mol. The first-order valence-electron chi connectivity index (χ1n) is 5.29. The number of nitrogens with zero attached hydrogens (tertiary/aromatic N) is 2. The minimum Gasteiger partial charge on any atom is -0.481 e. The number of nitrogen functional groups attached to an aromatic ring is 1. The molecule has 0 radical (unpaired) electrons. The Kier molecular flexibility index (Phi) is 4.65. The van der Waals surface area contributed by atoms with Gasteiger partial charge in [-0.25, -0.2) is 4.79 Å². The van der Waals surface area contributed by atoms with Crippen LogP contribution in [0.2, 0.25) is 0 Å². The van der Waals surface area contributed by atoms with Crippen LogP contribution in [0.5, 0.6) is 0 Å². The molecule has 0 aliphatic carbocycles. The van der Waals surface area contributed by atoms with E-state index in [0.717, 1.165) is 0 Å². The third kappa shape index (κ3) is 4.64. The molecule has 1 aromatic heterocycles. The van der Waals surface area contributed by atoms with Crippen LogP contribution in [0.4, 0.5) is 5.82 Å². The van der Waals surface area contributed by atoms with Gasteiger partial charge in [0.1, 0.15) is 5.82 Å². The standard InChI is InChI=1S/C10H16N4O3/c11-7(2-1-3-9(15)16)6-14-5-4-8(12)13-10(14)17/h4-5,7H,1-3,6,11H2,(H,15,16)(H2,12,13,17). The van der Waals surface area contributed by atoms with E-state index in [1.165, 1.54) is 16.8 Å². The number of carbonyl (C=O) groups is 1. The fourth-order valence-corrected chi connectivity index (χ4v) is 1.44. The summed E-state index contributed by atoms with van der Waals surface area (Å²) < 4.78 is 1.36. The van der Waals surface area contributed by atoms with Crippen molar-refractivity contribution in [3.63, 3.8) is 0 Å². The molecule has 1 rings (SSSR count). The minimum atomic E-state index is -0.844. The molecule has 0 saturated carbocycles. The smallest absolute Gasteiger partial charge is 0.349 e. The Bertz CT molecular complexity index is 443. The van der Waals surface area contributed by atoms with Gasteiger partial charge in [-0.15, -0.1) is 0 Å². The highest BCUT2D eigenvalue weighted by Crippen LogP contribution is 2.01. The van der Waals surface area contributed by atoms with Gasteiger partial charge in [-0.3, -0.25) is 9.36 Å². The van der Waals surface area contributed by atoms with Crippen LogP contribution < -0.4 is 17.2 Å². The lowest BCUT2D eigenvalue weighted by molar-refractivity contribution is -0.137. The number of carboxylic acids is 1. The van der Waals surface area contributed by atoms with Gasteiger partial charge in [-0.05, 0) is 18.9 Å². The Labute approximate surface area is 98.1 Å². The molecule has 1 unspecified atom stereocenters. The molecule has 1 heterocycles. The fraction of sp³-hybridized carbons (Fsp3) is 0.500. The van der Waals surface area contributed by atoms with E-state index >= 15 is 0 Å². The lowest BCUT2D eigenvalue weighted by atomic mass is 10.1. The van der Waals surface area contributed by atoms with Gasteiger partial charge in [0.2, 0.25) is 0 Å². The van der Waals surface area contributed by atoms with Crippen LogP contribution in [-0.2, 0) is 11.3 Å². The fourth-order valence-electron chi connectivity index (χ4n) is 1.44. The van der Waals surface area contributed by atoms with Gasteiger partial charge in [0.05, 0.1) is 0 Å². The molecule has 17 heavy (non-hydrogen) atoms. The zero-order valence-electron chi connectivity index (χ0n) is 9.37. The van der Waals surface area contributed by atoms with Crippen LogP contribution in [0.15, 0.2) is 17.1 Å². The summed E-state index contributed by atoms with van der Waals surface area (Å²) in [6.45, 7) is 0.311. The Morgan fingerprint density at radius 3 is 2.88 bits per heavy atom. The van der Waals surface area contributed by atoms with Crippen LogP contribution in [0.1, 0.15) is 19.3 Å². The number of hydrogen-bond acceptors (Lipinski definition) is 5. The number of aliphatic carboxylic acids is 1. The Morgan fingerprint density at radius 1 is 1.59 bits per heavy atom. The van der Waals surface area contributed by atoms with Crippen molar-refractivity contribution in [3.8, 4) is 0 Å². The van der Waals surface area contributed by atoms with E-state index in [1.54, 1.807) is 0 Å². The maximum absolute atomic E-state index is 11.4. The van der Waals surface area contributed by atoms with Crippen LogP contribution >= 0.6 is 0 Å². The van der Waals surface area contributed by atoms with E-state index in [1.807, 2.05) is 0 Å². The Hall–Kier alpha value is -1.89. The van der Waals surface area contributed by atoms with Gasteiger partial charge in [-0.1, -0.05) is 0 Å². The summed E-state index contributed by atoms with van der Waals surface area (Å²) in [7, 11) is 0. The number of rotatable bonds is 6. The van der Waals surface area contributed by atoms with Crippen molar-refractivity contribution in [2.24, 2.45) is 5.73 Å². The third-order valence-electron chi connectivity index (χ3n) is 2.29. The molecule has 0 spiro atoms. The van der Waals surface area contributed by atoms with E-state index in [-0.39, 0.29) is 18.3 Å². The van der Waals surface area contributed by atoms with Crippen molar-refractivity contribution < 1.29 is 9.90 Å². The number of anilines is 1. The first-order valence-corrected chi connectivity index (χ1v) is 5.29. The largest absolute Gasteiger partial charge is 0.481 e. The highest BCUT2D eigenvalue weighted by Gasteiger charge is 2.07. The van der Waals surface area contributed by atoms with E-state index in [0.29, 0.717) is 19.4 Å². The third-order valence-corrected chi connectivity index (χ3v) is 2.29. The quantitative estimate of drug-likeness (QED) is 0.610. The summed E-state index contributed by atoms with van der Waals surface area (Å²) in [6.07, 6.45) is 2.65. The lowest BCUT2D eigenvalue weighted by Gasteiger charge is -2.12. The number of nitrogens with two attached hydrogens (primary N) is 2. The second kappa shape index (κ2) is 6.00. The zero-order chi connectivity index (χ0) is 12.8. The van der Waals surface area contributed by atoms with E-state index in [9.17, 15) is 9.59 Å². The summed E-state index contributed by atoms with van der Waals surface area (Å²) >= 11 is 0. The topological polar surface area (TPSA) is 124 Å². The van der Waals surface area contributed by atoms with Gasteiger partial charge in [0.15, 0.2) is 0 Å². The second-order valence-corrected chi connectivity index (χ2v) is 3.83. The van der Waals surface area contributed by atoms with Crippen LogP contribution in [0.25, 0.3) is 0 Å². The molecule has 94 valence electrons. The SMILES string of the molecule is Nc1ccn(CC(N)CCCC(=O)O)c(=O)n1. The molecule has 1 atom stereocenters. The molecular weight excluding hydrogens is 224 g/mol. The van der Waals surface area contributed by atoms with Crippen molar-refractivity contribution >= 4 is 11.8 Å². The van der Waals surface area contributed by atoms with Gasteiger partial charge < -0.3 is 16.6 Å². The van der Waals surface area contributed by atoms with Crippen LogP contribution in [0, 0.1) is 0 Å². The van der Waals surface area contributed by atoms with Gasteiger partial charge in [0, 0.05) is 25.2 Å². The maximum Gasteiger partial charge on any atom is 0.349 e. The summed E-state index contributed by atoms with van der Waals surface area (Å²) in [4.78, 5) is 25.3. The van der Waals surface area contributed by atoms with E-state index in [2.05, 4.69) is 4.98 Å². The molecular formula is C10H16N4O3. The first kappa shape index (κ1) is 13.2. The first-order chi connectivity index (χ1) is 7.99. The van der Waals surface area contributed by atoms with Gasteiger partial charge >= 0.3 is 11.7 Å².